The fourth-order valence-corrected chi connectivity index (χ4v) is 2.34. The minimum absolute atomic E-state index is 0.290. The Morgan fingerprint density at radius 1 is 1.29 bits per heavy atom. The summed E-state index contributed by atoms with van der Waals surface area (Å²) in [6.45, 7) is 4.76. The van der Waals surface area contributed by atoms with Gasteiger partial charge in [0.1, 0.15) is 11.3 Å². The van der Waals surface area contributed by atoms with E-state index in [1.807, 2.05) is 38.1 Å². The van der Waals surface area contributed by atoms with Gasteiger partial charge >= 0.3 is 0 Å². The first-order valence-corrected chi connectivity index (χ1v) is 7.49. The summed E-state index contributed by atoms with van der Waals surface area (Å²) < 4.78 is 5.84. The summed E-state index contributed by atoms with van der Waals surface area (Å²) in [5, 5.41) is 11.2. The minimum Gasteiger partial charge on any atom is -0.491 e. The molecule has 0 aliphatic heterocycles. The highest BCUT2D eigenvalue weighted by molar-refractivity contribution is 5.84. The van der Waals surface area contributed by atoms with Crippen LogP contribution in [0, 0.1) is 6.92 Å². The van der Waals surface area contributed by atoms with Gasteiger partial charge in [-0.25, -0.2) is 4.98 Å². The molecule has 2 rings (SSSR count). The molecule has 4 heteroatoms. The Balaban J connectivity index is 1.99. The molecule has 3 N–H and O–H groups in total. The van der Waals surface area contributed by atoms with Gasteiger partial charge < -0.3 is 15.6 Å². The van der Waals surface area contributed by atoms with Crippen molar-refractivity contribution in [1.29, 1.82) is 0 Å². The molecule has 0 fully saturated rings. The van der Waals surface area contributed by atoms with Gasteiger partial charge in [-0.2, -0.15) is 0 Å². The molecule has 0 saturated carbocycles. The maximum absolute atomic E-state index is 10.1. The number of fused-ring (bicyclic) bond motifs is 1. The smallest absolute Gasteiger partial charge is 0.145 e. The maximum Gasteiger partial charge on any atom is 0.145 e. The molecule has 1 atom stereocenters. The lowest BCUT2D eigenvalue weighted by Crippen LogP contribution is -2.37. The number of para-hydroxylation sites is 1. The normalized spacial score (nSPS) is 14.1. The number of aryl methyl sites for hydroxylation is 1. The predicted molar refractivity (Wildman–Crippen MR) is 85.5 cm³/mol. The summed E-state index contributed by atoms with van der Waals surface area (Å²) in [5.74, 6) is 0.795. The van der Waals surface area contributed by atoms with E-state index in [1.54, 1.807) is 0 Å². The molecule has 1 aromatic carbocycles. The van der Waals surface area contributed by atoms with Gasteiger partial charge in [0.2, 0.25) is 0 Å². The third kappa shape index (κ3) is 3.93. The summed E-state index contributed by atoms with van der Waals surface area (Å²) >= 11 is 0. The molecule has 1 unspecified atom stereocenters. The fourth-order valence-electron chi connectivity index (χ4n) is 2.34. The number of hydrogen-bond acceptors (Lipinski definition) is 4. The van der Waals surface area contributed by atoms with E-state index >= 15 is 0 Å². The van der Waals surface area contributed by atoms with Crippen LogP contribution in [0.3, 0.4) is 0 Å². The van der Waals surface area contributed by atoms with Crippen LogP contribution >= 0.6 is 0 Å². The van der Waals surface area contributed by atoms with Crippen molar-refractivity contribution in [2.45, 2.75) is 38.7 Å². The summed E-state index contributed by atoms with van der Waals surface area (Å²) in [6, 6.07) is 9.98. The zero-order chi connectivity index (χ0) is 15.3. The van der Waals surface area contributed by atoms with Crippen LogP contribution in [0.25, 0.3) is 10.9 Å². The van der Waals surface area contributed by atoms with Crippen LogP contribution in [0.5, 0.6) is 5.75 Å². The van der Waals surface area contributed by atoms with Crippen LogP contribution < -0.4 is 10.5 Å². The van der Waals surface area contributed by atoms with Crippen LogP contribution in [-0.2, 0) is 0 Å². The highest BCUT2D eigenvalue weighted by atomic mass is 16.5. The number of rotatable bonds is 7. The quantitative estimate of drug-likeness (QED) is 0.769. The Labute approximate surface area is 125 Å². The van der Waals surface area contributed by atoms with E-state index in [9.17, 15) is 5.11 Å². The molecule has 1 heterocycles. The van der Waals surface area contributed by atoms with Crippen LogP contribution in [-0.4, -0.2) is 28.8 Å². The van der Waals surface area contributed by atoms with Crippen molar-refractivity contribution < 1.29 is 9.84 Å². The summed E-state index contributed by atoms with van der Waals surface area (Å²) in [4.78, 5) is 4.54. The second kappa shape index (κ2) is 6.87. The molecule has 2 aromatic rings. The van der Waals surface area contributed by atoms with Gasteiger partial charge in [0.25, 0.3) is 0 Å². The Hall–Kier alpha value is -1.65. The molecular weight excluding hydrogens is 264 g/mol. The van der Waals surface area contributed by atoms with Gasteiger partial charge in [0, 0.05) is 17.6 Å². The number of aliphatic hydroxyl groups is 1. The van der Waals surface area contributed by atoms with E-state index in [1.165, 1.54) is 0 Å². The Bertz CT molecular complexity index is 594. The third-order valence-electron chi connectivity index (χ3n) is 3.90. The molecule has 0 amide bonds. The van der Waals surface area contributed by atoms with Gasteiger partial charge in [-0.05, 0) is 38.3 Å². The zero-order valence-electron chi connectivity index (χ0n) is 12.8. The van der Waals surface area contributed by atoms with E-state index in [0.717, 1.165) is 28.8 Å². The minimum atomic E-state index is -0.767. The monoisotopic (exact) mass is 288 g/mol. The van der Waals surface area contributed by atoms with E-state index in [4.69, 9.17) is 10.5 Å². The standard InChI is InChI=1S/C17H24N2O2/c1-3-17(20,12-18)10-5-11-21-15-7-4-6-14-9-8-13(2)19-16(14)15/h4,6-9,20H,3,5,10-12,18H2,1-2H3. The first-order chi connectivity index (χ1) is 10.1. The van der Waals surface area contributed by atoms with E-state index in [-0.39, 0.29) is 0 Å². The van der Waals surface area contributed by atoms with Crippen LogP contribution in [0.1, 0.15) is 31.9 Å². The molecule has 0 bridgehead atoms. The lowest BCUT2D eigenvalue weighted by atomic mass is 9.95. The van der Waals surface area contributed by atoms with Crippen molar-refractivity contribution >= 4 is 10.9 Å². The van der Waals surface area contributed by atoms with Crippen molar-refractivity contribution in [2.75, 3.05) is 13.2 Å². The molecule has 0 saturated heterocycles. The van der Waals surface area contributed by atoms with Crippen LogP contribution in [0.2, 0.25) is 0 Å². The van der Waals surface area contributed by atoms with E-state index in [2.05, 4.69) is 11.1 Å². The Kier molecular flexibility index (Phi) is 5.15. The maximum atomic E-state index is 10.1. The van der Waals surface area contributed by atoms with Gasteiger partial charge in [0.05, 0.1) is 12.2 Å². The summed E-state index contributed by atoms with van der Waals surface area (Å²) in [6.07, 6.45) is 2.08. The van der Waals surface area contributed by atoms with Crippen molar-refractivity contribution in [3.05, 3.63) is 36.0 Å². The van der Waals surface area contributed by atoms with Crippen LogP contribution in [0.4, 0.5) is 0 Å². The average molecular weight is 288 g/mol. The molecule has 0 aliphatic rings. The van der Waals surface area contributed by atoms with Gasteiger partial charge in [-0.15, -0.1) is 0 Å². The number of hydrogen-bond donors (Lipinski definition) is 2. The topological polar surface area (TPSA) is 68.4 Å². The van der Waals surface area contributed by atoms with Crippen molar-refractivity contribution in [3.8, 4) is 5.75 Å². The third-order valence-corrected chi connectivity index (χ3v) is 3.90. The zero-order valence-corrected chi connectivity index (χ0v) is 12.8. The van der Waals surface area contributed by atoms with Gasteiger partial charge in [-0.3, -0.25) is 0 Å². The molecule has 0 spiro atoms. The molecule has 114 valence electrons. The number of pyridine rings is 1. The average Bonchev–Trinajstić information content (AvgIpc) is 2.51. The highest BCUT2D eigenvalue weighted by Crippen LogP contribution is 2.24. The van der Waals surface area contributed by atoms with Crippen LogP contribution in [0.15, 0.2) is 30.3 Å². The SMILES string of the molecule is CCC(O)(CN)CCCOc1cccc2ccc(C)nc12. The van der Waals surface area contributed by atoms with E-state index < -0.39 is 5.60 Å². The van der Waals surface area contributed by atoms with Gasteiger partial charge in [0.15, 0.2) is 0 Å². The first kappa shape index (κ1) is 15.7. The van der Waals surface area contributed by atoms with Gasteiger partial charge in [-0.1, -0.05) is 25.1 Å². The second-order valence-corrected chi connectivity index (χ2v) is 5.51. The number of benzene rings is 1. The molecule has 4 nitrogen and oxygen atoms in total. The molecular formula is C17H24N2O2. The molecule has 0 radical (unpaired) electrons. The number of aromatic nitrogens is 1. The van der Waals surface area contributed by atoms with Crippen molar-refractivity contribution in [2.24, 2.45) is 5.73 Å². The Morgan fingerprint density at radius 2 is 2.10 bits per heavy atom. The predicted octanol–water partition coefficient (Wildman–Crippen LogP) is 2.80. The Morgan fingerprint density at radius 3 is 2.81 bits per heavy atom. The fraction of sp³-hybridized carbons (Fsp3) is 0.471. The summed E-state index contributed by atoms with van der Waals surface area (Å²) in [5.41, 5.74) is 6.70. The largest absolute Gasteiger partial charge is 0.491 e. The second-order valence-electron chi connectivity index (χ2n) is 5.51. The molecule has 1 aromatic heterocycles. The lowest BCUT2D eigenvalue weighted by Gasteiger charge is -2.24. The van der Waals surface area contributed by atoms with Crippen molar-refractivity contribution in [1.82, 2.24) is 4.98 Å². The highest BCUT2D eigenvalue weighted by Gasteiger charge is 2.21. The number of nitrogens with two attached hydrogens (primary N) is 1. The molecule has 0 aliphatic carbocycles. The first-order valence-electron chi connectivity index (χ1n) is 7.49. The molecule has 21 heavy (non-hydrogen) atoms. The summed E-state index contributed by atoms with van der Waals surface area (Å²) in [7, 11) is 0. The number of ether oxygens (including phenoxy) is 1. The van der Waals surface area contributed by atoms with E-state index in [0.29, 0.717) is 26.0 Å². The number of nitrogens with zero attached hydrogens (tertiary/aromatic N) is 1. The lowest BCUT2D eigenvalue weighted by molar-refractivity contribution is 0.0309. The van der Waals surface area contributed by atoms with Crippen molar-refractivity contribution in [3.63, 3.8) is 0 Å².